The van der Waals surface area contributed by atoms with Crippen LogP contribution in [0.3, 0.4) is 0 Å². The molecule has 0 spiro atoms. The van der Waals surface area contributed by atoms with Crippen molar-refractivity contribution >= 4 is 33.3 Å². The second-order valence-electron chi connectivity index (χ2n) is 9.26. The molecule has 0 fully saturated rings. The summed E-state index contributed by atoms with van der Waals surface area (Å²) in [4.78, 5) is 21.1. The average molecular weight is 525 g/mol. The first-order chi connectivity index (χ1) is 19.6. The van der Waals surface area contributed by atoms with Gasteiger partial charge in [0.25, 0.3) is 0 Å². The summed E-state index contributed by atoms with van der Waals surface area (Å²) in [6.45, 7) is 4.13. The van der Waals surface area contributed by atoms with Crippen LogP contribution in [0, 0.1) is 5.82 Å². The van der Waals surface area contributed by atoms with E-state index in [1.54, 1.807) is 31.0 Å². The van der Waals surface area contributed by atoms with Crippen molar-refractivity contribution in [3.63, 3.8) is 0 Å². The van der Waals surface area contributed by atoms with Crippen molar-refractivity contribution in [1.82, 2.24) is 35.1 Å². The summed E-state index contributed by atoms with van der Waals surface area (Å²) >= 11 is 0. The molecule has 8 nitrogen and oxygen atoms in total. The van der Waals surface area contributed by atoms with Crippen molar-refractivity contribution in [3.8, 4) is 33.9 Å². The highest BCUT2D eigenvalue weighted by atomic mass is 19.1. The summed E-state index contributed by atoms with van der Waals surface area (Å²) in [6.07, 6.45) is 8.56. The lowest BCUT2D eigenvalue weighted by Crippen LogP contribution is -1.98. The number of H-pyrrole nitrogens is 2. The van der Waals surface area contributed by atoms with Gasteiger partial charge in [-0.1, -0.05) is 36.9 Å². The maximum Gasteiger partial charge on any atom is 0.159 e. The lowest BCUT2D eigenvalue weighted by atomic mass is 10.0. The Hall–Kier alpha value is -5.70. The number of pyridine rings is 3. The van der Waals surface area contributed by atoms with Gasteiger partial charge < -0.3 is 10.3 Å². The number of benzene rings is 2. The largest absolute Gasteiger partial charge is 0.354 e. The SMILES string of the molecule is C=C(Nc1cncc(-c2cc(F)c3[nH]nc(-c4nc5c(-c6ccncc6)nccc5[nH]4)c3c2)c1)c1ccccc1. The molecule has 7 rings (SSSR count). The fourth-order valence-corrected chi connectivity index (χ4v) is 4.75. The van der Waals surface area contributed by atoms with Crippen molar-refractivity contribution in [2.24, 2.45) is 0 Å². The summed E-state index contributed by atoms with van der Waals surface area (Å²) in [6, 6.07) is 20.7. The molecule has 0 saturated heterocycles. The Bertz CT molecular complexity index is 2010. The van der Waals surface area contributed by atoms with Crippen LogP contribution in [0.2, 0.25) is 0 Å². The third-order valence-electron chi connectivity index (χ3n) is 6.69. The van der Waals surface area contributed by atoms with Crippen molar-refractivity contribution in [2.45, 2.75) is 0 Å². The summed E-state index contributed by atoms with van der Waals surface area (Å²) in [5, 5.41) is 11.1. The Kier molecular flexibility index (Phi) is 5.59. The molecule has 0 aliphatic carbocycles. The molecule has 2 aromatic carbocycles. The normalized spacial score (nSPS) is 11.2. The molecule has 0 atom stereocenters. The van der Waals surface area contributed by atoms with Gasteiger partial charge >= 0.3 is 0 Å². The first-order valence-electron chi connectivity index (χ1n) is 12.5. The zero-order chi connectivity index (χ0) is 27.1. The second-order valence-corrected chi connectivity index (χ2v) is 9.26. The van der Waals surface area contributed by atoms with E-state index in [2.05, 4.69) is 42.0 Å². The van der Waals surface area contributed by atoms with Crippen molar-refractivity contribution in [2.75, 3.05) is 5.32 Å². The molecule has 0 saturated carbocycles. The minimum Gasteiger partial charge on any atom is -0.354 e. The lowest BCUT2D eigenvalue weighted by molar-refractivity contribution is 0.636. The van der Waals surface area contributed by atoms with Crippen molar-refractivity contribution < 1.29 is 4.39 Å². The zero-order valence-electron chi connectivity index (χ0n) is 21.1. The predicted molar refractivity (Wildman–Crippen MR) is 154 cm³/mol. The van der Waals surface area contributed by atoms with Crippen LogP contribution in [0.5, 0.6) is 0 Å². The van der Waals surface area contributed by atoms with E-state index in [9.17, 15) is 0 Å². The molecular formula is C31H21FN8. The Balaban J connectivity index is 1.28. The van der Waals surface area contributed by atoms with E-state index in [4.69, 9.17) is 4.98 Å². The van der Waals surface area contributed by atoms with Crippen LogP contribution in [-0.4, -0.2) is 35.1 Å². The van der Waals surface area contributed by atoms with Gasteiger partial charge in [0, 0.05) is 47.0 Å². The second kappa shape index (κ2) is 9.55. The minimum atomic E-state index is -0.423. The van der Waals surface area contributed by atoms with Crippen LogP contribution in [0.4, 0.5) is 10.1 Å². The Morgan fingerprint density at radius 2 is 1.68 bits per heavy atom. The molecule has 0 aliphatic heterocycles. The topological polar surface area (TPSA) is 108 Å². The van der Waals surface area contributed by atoms with Gasteiger partial charge in [-0.25, -0.2) is 9.37 Å². The summed E-state index contributed by atoms with van der Waals surface area (Å²) in [5.41, 5.74) is 7.77. The molecule has 0 aliphatic rings. The molecule has 9 heteroatoms. The van der Waals surface area contributed by atoms with Crippen LogP contribution in [0.1, 0.15) is 5.56 Å². The molecule has 0 amide bonds. The highest BCUT2D eigenvalue weighted by Gasteiger charge is 2.18. The number of nitrogens with one attached hydrogen (secondary N) is 3. The fourth-order valence-electron chi connectivity index (χ4n) is 4.75. The highest BCUT2D eigenvalue weighted by molar-refractivity contribution is 5.98. The van der Waals surface area contributed by atoms with Crippen molar-refractivity contribution in [1.29, 1.82) is 0 Å². The molecule has 192 valence electrons. The number of fused-ring (bicyclic) bond motifs is 2. The number of hydrogen-bond acceptors (Lipinski definition) is 6. The molecule has 0 radical (unpaired) electrons. The van der Waals surface area contributed by atoms with Gasteiger partial charge in [-0.05, 0) is 47.5 Å². The Morgan fingerprint density at radius 3 is 2.52 bits per heavy atom. The van der Waals surface area contributed by atoms with Gasteiger partial charge in [-0.15, -0.1) is 0 Å². The number of nitrogens with zero attached hydrogens (tertiary/aromatic N) is 5. The summed E-state index contributed by atoms with van der Waals surface area (Å²) in [5.74, 6) is 0.0855. The van der Waals surface area contributed by atoms with Gasteiger partial charge in [0.1, 0.15) is 22.5 Å². The third-order valence-corrected chi connectivity index (χ3v) is 6.69. The smallest absolute Gasteiger partial charge is 0.159 e. The van der Waals surface area contributed by atoms with Crippen LogP contribution in [0.25, 0.3) is 61.5 Å². The maximum atomic E-state index is 15.3. The van der Waals surface area contributed by atoms with E-state index < -0.39 is 5.82 Å². The monoisotopic (exact) mass is 524 g/mol. The number of halogens is 1. The minimum absolute atomic E-state index is 0.298. The van der Waals surface area contributed by atoms with Gasteiger partial charge in [-0.2, -0.15) is 5.10 Å². The molecule has 7 aromatic rings. The summed E-state index contributed by atoms with van der Waals surface area (Å²) in [7, 11) is 0. The molecule has 5 aromatic heterocycles. The average Bonchev–Trinajstić information content (AvgIpc) is 3.63. The third kappa shape index (κ3) is 4.15. The maximum absolute atomic E-state index is 15.3. The van der Waals surface area contributed by atoms with E-state index in [0.717, 1.165) is 39.3 Å². The molecule has 40 heavy (non-hydrogen) atoms. The first kappa shape index (κ1) is 23.4. The molecule has 0 bridgehead atoms. The number of hydrogen-bond donors (Lipinski definition) is 3. The van der Waals surface area contributed by atoms with E-state index in [1.807, 2.05) is 60.7 Å². The Labute approximate surface area is 227 Å². The van der Waals surface area contributed by atoms with Crippen LogP contribution in [0.15, 0.2) is 104 Å². The lowest BCUT2D eigenvalue weighted by Gasteiger charge is -2.11. The van der Waals surface area contributed by atoms with Crippen LogP contribution in [-0.2, 0) is 0 Å². The number of imidazole rings is 1. The van der Waals surface area contributed by atoms with Crippen LogP contribution < -0.4 is 5.32 Å². The van der Waals surface area contributed by atoms with E-state index in [0.29, 0.717) is 33.5 Å². The first-order valence-corrected chi connectivity index (χ1v) is 12.5. The van der Waals surface area contributed by atoms with E-state index in [-0.39, 0.29) is 0 Å². The quantitative estimate of drug-likeness (QED) is 0.220. The number of rotatable bonds is 6. The zero-order valence-corrected chi connectivity index (χ0v) is 21.1. The van der Waals surface area contributed by atoms with E-state index in [1.165, 1.54) is 6.07 Å². The van der Waals surface area contributed by atoms with Gasteiger partial charge in [0.15, 0.2) is 5.82 Å². The van der Waals surface area contributed by atoms with E-state index >= 15 is 4.39 Å². The summed E-state index contributed by atoms with van der Waals surface area (Å²) < 4.78 is 15.3. The molecular weight excluding hydrogens is 503 g/mol. The molecule has 5 heterocycles. The molecule has 3 N–H and O–H groups in total. The number of aromatic nitrogens is 7. The standard InChI is InChI=1S/C31H21FN8/c1-18(19-5-3-2-4-6-19)36-23-13-22(16-34-17-23)21-14-24-28(25(32)15-21)39-40-29(24)31-37-26-9-12-35-27(30(26)38-31)20-7-10-33-11-8-20/h2-17,36H,1H2,(H,37,38)(H,39,40). The fraction of sp³-hybridized carbons (Fsp3) is 0. The van der Waals surface area contributed by atoms with Gasteiger partial charge in [-0.3, -0.25) is 20.1 Å². The van der Waals surface area contributed by atoms with Gasteiger partial charge in [0.2, 0.25) is 0 Å². The van der Waals surface area contributed by atoms with Crippen LogP contribution >= 0.6 is 0 Å². The Morgan fingerprint density at radius 1 is 0.825 bits per heavy atom. The highest BCUT2D eigenvalue weighted by Crippen LogP contribution is 2.34. The number of anilines is 1. The number of aromatic amines is 2. The molecule has 0 unspecified atom stereocenters. The van der Waals surface area contributed by atoms with Crippen molar-refractivity contribution in [3.05, 3.63) is 116 Å². The van der Waals surface area contributed by atoms with Gasteiger partial charge in [0.05, 0.1) is 23.1 Å². The predicted octanol–water partition coefficient (Wildman–Crippen LogP) is 6.85.